The van der Waals surface area contributed by atoms with E-state index in [1.165, 1.54) is 6.08 Å². The zero-order chi connectivity index (χ0) is 14.3. The van der Waals surface area contributed by atoms with Gasteiger partial charge in [-0.25, -0.2) is 4.79 Å². The second-order valence-electron chi connectivity index (χ2n) is 3.96. The van der Waals surface area contributed by atoms with Crippen molar-refractivity contribution >= 4 is 12.0 Å². The Labute approximate surface area is 112 Å². The number of methoxy groups -OCH3 is 2. The van der Waals surface area contributed by atoms with E-state index in [1.807, 2.05) is 6.92 Å². The number of ether oxygens (including phenoxy) is 3. The van der Waals surface area contributed by atoms with Crippen molar-refractivity contribution in [2.45, 2.75) is 13.0 Å². The number of carbonyl (C=O) groups is 1. The Kier molecular flexibility index (Phi) is 5.89. The van der Waals surface area contributed by atoms with E-state index in [2.05, 4.69) is 0 Å². The predicted molar refractivity (Wildman–Crippen MR) is 71.6 cm³/mol. The number of hydrogen-bond donors (Lipinski definition) is 1. The Morgan fingerprint density at radius 1 is 1.42 bits per heavy atom. The molecule has 0 saturated heterocycles. The molecule has 0 spiro atoms. The summed E-state index contributed by atoms with van der Waals surface area (Å²) in [5.74, 6) is 0.195. The fraction of sp³-hybridized carbons (Fsp3) is 0.357. The van der Waals surface area contributed by atoms with E-state index in [1.54, 1.807) is 32.4 Å². The quantitative estimate of drug-likeness (QED) is 0.766. The van der Waals surface area contributed by atoms with Gasteiger partial charge in [-0.05, 0) is 25.1 Å². The highest BCUT2D eigenvalue weighted by Crippen LogP contribution is 2.27. The highest BCUT2D eigenvalue weighted by atomic mass is 16.5. The minimum atomic E-state index is -1.01. The first-order valence-electron chi connectivity index (χ1n) is 5.81. The first kappa shape index (κ1) is 15.0. The van der Waals surface area contributed by atoms with Crippen molar-refractivity contribution < 1.29 is 24.1 Å². The van der Waals surface area contributed by atoms with Crippen LogP contribution in [0.2, 0.25) is 0 Å². The van der Waals surface area contributed by atoms with Crippen molar-refractivity contribution in [1.29, 1.82) is 0 Å². The zero-order valence-electron chi connectivity index (χ0n) is 11.3. The predicted octanol–water partition coefficient (Wildman–Crippen LogP) is 2.21. The van der Waals surface area contributed by atoms with Gasteiger partial charge in [-0.15, -0.1) is 0 Å². The van der Waals surface area contributed by atoms with Gasteiger partial charge >= 0.3 is 5.97 Å². The average Bonchev–Trinajstić information content (AvgIpc) is 2.37. The van der Waals surface area contributed by atoms with Gasteiger partial charge in [-0.3, -0.25) is 0 Å². The van der Waals surface area contributed by atoms with Gasteiger partial charge in [0.15, 0.2) is 0 Å². The number of rotatable bonds is 7. The van der Waals surface area contributed by atoms with Gasteiger partial charge in [0.1, 0.15) is 17.6 Å². The Morgan fingerprint density at radius 2 is 2.16 bits per heavy atom. The standard InChI is InChI=1S/C14H18O5/c1-10(9-17-2)19-13-8-12(18-3)6-4-11(13)5-7-14(15)16/h4-8,10H,9H2,1-3H3,(H,15,16). The molecule has 5 nitrogen and oxygen atoms in total. The van der Waals surface area contributed by atoms with Crippen LogP contribution in [-0.4, -0.2) is 38.0 Å². The molecule has 0 fully saturated rings. The van der Waals surface area contributed by atoms with Crippen LogP contribution < -0.4 is 9.47 Å². The molecule has 1 unspecified atom stereocenters. The summed E-state index contributed by atoms with van der Waals surface area (Å²) in [7, 11) is 3.15. The minimum absolute atomic E-state index is 0.144. The van der Waals surface area contributed by atoms with Crippen molar-refractivity contribution in [3.63, 3.8) is 0 Å². The van der Waals surface area contributed by atoms with Crippen LogP contribution >= 0.6 is 0 Å². The first-order valence-corrected chi connectivity index (χ1v) is 5.81. The second-order valence-corrected chi connectivity index (χ2v) is 3.96. The Balaban J connectivity index is 2.98. The van der Waals surface area contributed by atoms with E-state index in [9.17, 15) is 4.79 Å². The summed E-state index contributed by atoms with van der Waals surface area (Å²) >= 11 is 0. The second kappa shape index (κ2) is 7.43. The SMILES string of the molecule is COCC(C)Oc1cc(OC)ccc1C=CC(=O)O. The van der Waals surface area contributed by atoms with Gasteiger partial charge in [0.05, 0.1) is 13.7 Å². The lowest BCUT2D eigenvalue weighted by atomic mass is 10.1. The topological polar surface area (TPSA) is 65.0 Å². The first-order chi connectivity index (χ1) is 9.06. The van der Waals surface area contributed by atoms with Crippen LogP contribution in [0, 0.1) is 0 Å². The van der Waals surface area contributed by atoms with Crippen LogP contribution in [0.15, 0.2) is 24.3 Å². The van der Waals surface area contributed by atoms with Crippen molar-refractivity contribution in [2.75, 3.05) is 20.8 Å². The van der Waals surface area contributed by atoms with Gasteiger partial charge < -0.3 is 19.3 Å². The van der Waals surface area contributed by atoms with Gasteiger partial charge in [-0.2, -0.15) is 0 Å². The molecule has 1 aromatic carbocycles. The molecule has 0 radical (unpaired) electrons. The molecule has 104 valence electrons. The van der Waals surface area contributed by atoms with Gasteiger partial charge in [0.25, 0.3) is 0 Å². The molecule has 0 aliphatic heterocycles. The van der Waals surface area contributed by atoms with Crippen LogP contribution in [0.4, 0.5) is 0 Å². The number of carboxylic acid groups (broad SMARTS) is 1. The normalized spacial score (nSPS) is 12.4. The largest absolute Gasteiger partial charge is 0.497 e. The van der Waals surface area contributed by atoms with Crippen molar-refractivity contribution in [2.24, 2.45) is 0 Å². The Morgan fingerprint density at radius 3 is 2.74 bits per heavy atom. The number of aliphatic carboxylic acids is 1. The van der Waals surface area contributed by atoms with E-state index in [0.717, 1.165) is 6.08 Å². The molecule has 1 atom stereocenters. The van der Waals surface area contributed by atoms with Crippen LogP contribution in [0.1, 0.15) is 12.5 Å². The van der Waals surface area contributed by atoms with Gasteiger partial charge in [0, 0.05) is 24.8 Å². The number of hydrogen-bond acceptors (Lipinski definition) is 4. The van der Waals surface area contributed by atoms with Crippen LogP contribution in [0.25, 0.3) is 6.08 Å². The van der Waals surface area contributed by atoms with E-state index >= 15 is 0 Å². The van der Waals surface area contributed by atoms with Crippen molar-refractivity contribution in [1.82, 2.24) is 0 Å². The molecular weight excluding hydrogens is 248 g/mol. The van der Waals surface area contributed by atoms with E-state index in [0.29, 0.717) is 23.7 Å². The zero-order valence-corrected chi connectivity index (χ0v) is 11.3. The summed E-state index contributed by atoms with van der Waals surface area (Å²) in [5, 5.41) is 8.66. The minimum Gasteiger partial charge on any atom is -0.497 e. The molecule has 0 bridgehead atoms. The lowest BCUT2D eigenvalue weighted by Gasteiger charge is -2.16. The fourth-order valence-corrected chi connectivity index (χ4v) is 1.53. The molecule has 5 heteroatoms. The molecule has 0 aliphatic carbocycles. The summed E-state index contributed by atoms with van der Waals surface area (Å²) in [5.41, 5.74) is 0.672. The number of carboxylic acids is 1. The van der Waals surface area contributed by atoms with E-state index in [4.69, 9.17) is 19.3 Å². The molecule has 0 amide bonds. The monoisotopic (exact) mass is 266 g/mol. The average molecular weight is 266 g/mol. The highest BCUT2D eigenvalue weighted by Gasteiger charge is 2.08. The third-order valence-corrected chi connectivity index (χ3v) is 2.36. The molecule has 1 aromatic rings. The molecular formula is C14H18O5. The Bertz CT molecular complexity index is 453. The summed E-state index contributed by atoms with van der Waals surface area (Å²) in [6, 6.07) is 5.20. The van der Waals surface area contributed by atoms with Crippen LogP contribution in [0.5, 0.6) is 11.5 Å². The molecule has 0 saturated carbocycles. The maximum atomic E-state index is 10.6. The molecule has 0 aromatic heterocycles. The molecule has 19 heavy (non-hydrogen) atoms. The summed E-state index contributed by atoms with van der Waals surface area (Å²) < 4.78 is 15.8. The molecule has 1 rings (SSSR count). The van der Waals surface area contributed by atoms with Gasteiger partial charge in [-0.1, -0.05) is 0 Å². The lowest BCUT2D eigenvalue weighted by molar-refractivity contribution is -0.131. The number of benzene rings is 1. The summed E-state index contributed by atoms with van der Waals surface area (Å²) in [6.07, 6.45) is 2.40. The summed E-state index contributed by atoms with van der Waals surface area (Å²) in [4.78, 5) is 10.6. The highest BCUT2D eigenvalue weighted by molar-refractivity contribution is 5.86. The Hall–Kier alpha value is -2.01. The smallest absolute Gasteiger partial charge is 0.328 e. The maximum Gasteiger partial charge on any atom is 0.328 e. The van der Waals surface area contributed by atoms with Crippen LogP contribution in [-0.2, 0) is 9.53 Å². The van der Waals surface area contributed by atoms with E-state index in [-0.39, 0.29) is 6.10 Å². The van der Waals surface area contributed by atoms with Crippen molar-refractivity contribution in [3.05, 3.63) is 29.8 Å². The molecule has 0 aliphatic rings. The van der Waals surface area contributed by atoms with Gasteiger partial charge in [0.2, 0.25) is 0 Å². The molecule has 0 heterocycles. The maximum absolute atomic E-state index is 10.6. The molecule has 1 N–H and O–H groups in total. The third-order valence-electron chi connectivity index (χ3n) is 2.36. The fourth-order valence-electron chi connectivity index (χ4n) is 1.53. The lowest BCUT2D eigenvalue weighted by Crippen LogP contribution is -2.18. The summed E-state index contributed by atoms with van der Waals surface area (Å²) in [6.45, 7) is 2.31. The van der Waals surface area contributed by atoms with Crippen molar-refractivity contribution in [3.8, 4) is 11.5 Å². The third kappa shape index (κ3) is 5.01. The van der Waals surface area contributed by atoms with Crippen LogP contribution in [0.3, 0.4) is 0 Å². The van der Waals surface area contributed by atoms with E-state index < -0.39 is 5.97 Å².